The minimum Gasteiger partial charge on any atom is -0.478 e. The molecule has 2 aromatic heterocycles. The van der Waals surface area contributed by atoms with Crippen LogP contribution in [0.15, 0.2) is 86.0 Å². The first-order valence-corrected chi connectivity index (χ1v) is 22.3. The van der Waals surface area contributed by atoms with Gasteiger partial charge in [-0.15, -0.1) is 0 Å². The van der Waals surface area contributed by atoms with Gasteiger partial charge in [0, 0.05) is 132 Å². The predicted octanol–water partition coefficient (Wildman–Crippen LogP) is 3.89. The number of carboxylic acid groups (broad SMARTS) is 1. The van der Waals surface area contributed by atoms with Gasteiger partial charge in [-0.05, 0) is 87.1 Å². The Bertz CT molecular complexity index is 2040. The van der Waals surface area contributed by atoms with Gasteiger partial charge in [0.05, 0.1) is 30.1 Å². The zero-order chi connectivity index (χ0) is 42.1. The second-order valence-corrected chi connectivity index (χ2v) is 17.2. The molecule has 4 saturated heterocycles. The standard InChI is InChI=1S/C23H29N5O2.C13H23N3O.C10H8N2O2/c29-22(18-5-7-21(8-6-18)27-12-9-24-17-27)28-15-19(16-28)23(30)26-11-2-10-25(13-14-26)20-3-1-4-20;17-13(11-9-14-10-11)16-6-2-5-15(7-8-16)12-3-1-4-12;13-10(14)8-1-3-9(4-2-8)12-6-5-11-7-12/h5-9,12,17,19-20H,1-4,10-11,13-16H2;11-12,14H,1-10H2;1-7H,(H,13,14). The molecule has 2 N–H and O–H groups in total. The molecule has 3 amide bonds. The Balaban J connectivity index is 0.000000140. The van der Waals surface area contributed by atoms with E-state index in [-0.39, 0.29) is 29.2 Å². The maximum Gasteiger partial charge on any atom is 0.335 e. The van der Waals surface area contributed by atoms with Crippen molar-refractivity contribution < 1.29 is 24.3 Å². The van der Waals surface area contributed by atoms with Crippen molar-refractivity contribution in [2.24, 2.45) is 11.8 Å². The van der Waals surface area contributed by atoms with Crippen molar-refractivity contribution in [1.82, 2.24) is 48.9 Å². The Morgan fingerprint density at radius 1 is 0.541 bits per heavy atom. The summed E-state index contributed by atoms with van der Waals surface area (Å²) in [5, 5.41) is 11.9. The normalized spacial score (nSPS) is 20.6. The highest BCUT2D eigenvalue weighted by Crippen LogP contribution is 2.28. The molecule has 0 unspecified atom stereocenters. The number of nitrogens with one attached hydrogen (secondary N) is 1. The van der Waals surface area contributed by atoms with Crippen LogP contribution in [0, 0.1) is 11.8 Å². The highest BCUT2D eigenvalue weighted by Gasteiger charge is 2.39. The van der Waals surface area contributed by atoms with Crippen molar-refractivity contribution in [1.29, 1.82) is 0 Å². The molecule has 10 rings (SSSR count). The molecular weight excluding hydrogens is 773 g/mol. The molecule has 0 radical (unpaired) electrons. The molecule has 0 bridgehead atoms. The van der Waals surface area contributed by atoms with Crippen molar-refractivity contribution in [3.8, 4) is 11.4 Å². The number of amides is 3. The molecule has 324 valence electrons. The van der Waals surface area contributed by atoms with Crippen molar-refractivity contribution in [2.75, 3.05) is 78.5 Å². The summed E-state index contributed by atoms with van der Waals surface area (Å²) in [7, 11) is 0. The van der Waals surface area contributed by atoms with Gasteiger partial charge < -0.3 is 34.3 Å². The minimum absolute atomic E-state index is 0.00301. The molecule has 15 nitrogen and oxygen atoms in total. The van der Waals surface area contributed by atoms with E-state index in [2.05, 4.69) is 30.0 Å². The summed E-state index contributed by atoms with van der Waals surface area (Å²) in [6.07, 6.45) is 20.8. The molecule has 2 saturated carbocycles. The highest BCUT2D eigenvalue weighted by molar-refractivity contribution is 5.96. The van der Waals surface area contributed by atoms with Gasteiger partial charge in [0.25, 0.3) is 5.91 Å². The van der Waals surface area contributed by atoms with Crippen LogP contribution in [0.5, 0.6) is 0 Å². The fourth-order valence-corrected chi connectivity index (χ4v) is 8.89. The van der Waals surface area contributed by atoms with Crippen molar-refractivity contribution in [2.45, 2.75) is 63.5 Å². The molecule has 2 aliphatic carbocycles. The first-order valence-electron chi connectivity index (χ1n) is 22.3. The van der Waals surface area contributed by atoms with Crippen LogP contribution in [0.1, 0.15) is 72.1 Å². The number of rotatable bonds is 8. The third kappa shape index (κ3) is 10.4. The van der Waals surface area contributed by atoms with Crippen LogP contribution in [0.25, 0.3) is 11.4 Å². The van der Waals surface area contributed by atoms with Crippen LogP contribution in [-0.4, -0.2) is 163 Å². The predicted molar refractivity (Wildman–Crippen MR) is 231 cm³/mol. The maximum atomic E-state index is 12.9. The number of imidazole rings is 2. The van der Waals surface area contributed by atoms with Crippen LogP contribution >= 0.6 is 0 Å². The fraction of sp³-hybridized carbons (Fsp3) is 0.522. The quantitative estimate of drug-likeness (QED) is 0.268. The Kier molecular flexibility index (Phi) is 13.9. The molecule has 61 heavy (non-hydrogen) atoms. The van der Waals surface area contributed by atoms with Gasteiger partial charge in [-0.1, -0.05) is 12.8 Å². The van der Waals surface area contributed by atoms with Crippen molar-refractivity contribution in [3.05, 3.63) is 97.1 Å². The number of carbonyl (C=O) groups is 4. The van der Waals surface area contributed by atoms with Gasteiger partial charge in [-0.2, -0.15) is 0 Å². The van der Waals surface area contributed by atoms with Gasteiger partial charge in [-0.3, -0.25) is 24.2 Å². The third-order valence-corrected chi connectivity index (χ3v) is 13.3. The Morgan fingerprint density at radius 2 is 1.02 bits per heavy atom. The largest absolute Gasteiger partial charge is 0.478 e. The molecule has 0 spiro atoms. The number of aromatic carboxylic acids is 1. The summed E-state index contributed by atoms with van der Waals surface area (Å²) >= 11 is 0. The van der Waals surface area contributed by atoms with Crippen LogP contribution in [-0.2, 0) is 9.59 Å². The number of benzene rings is 2. The average molecular weight is 833 g/mol. The molecule has 4 aliphatic heterocycles. The van der Waals surface area contributed by atoms with Gasteiger partial charge in [-0.25, -0.2) is 14.8 Å². The lowest BCUT2D eigenvalue weighted by atomic mass is 9.91. The number of aromatic nitrogens is 4. The molecule has 6 aliphatic rings. The molecule has 6 fully saturated rings. The number of hydrogen-bond acceptors (Lipinski definition) is 9. The van der Waals surface area contributed by atoms with E-state index in [4.69, 9.17) is 5.11 Å². The first kappa shape index (κ1) is 42.3. The smallest absolute Gasteiger partial charge is 0.335 e. The summed E-state index contributed by atoms with van der Waals surface area (Å²) in [5.41, 5.74) is 2.81. The maximum absolute atomic E-state index is 12.9. The molecule has 2 aromatic carbocycles. The second-order valence-electron chi connectivity index (χ2n) is 17.2. The summed E-state index contributed by atoms with van der Waals surface area (Å²) in [6.45, 7) is 10.8. The average Bonchev–Trinajstić information content (AvgIpc) is 3.84. The van der Waals surface area contributed by atoms with E-state index in [1.165, 1.54) is 45.1 Å². The van der Waals surface area contributed by atoms with Gasteiger partial charge in [0.1, 0.15) is 0 Å². The van der Waals surface area contributed by atoms with E-state index in [1.54, 1.807) is 60.4 Å². The van der Waals surface area contributed by atoms with E-state index >= 15 is 0 Å². The number of likely N-dealkylation sites (tertiary alicyclic amines) is 1. The zero-order valence-corrected chi connectivity index (χ0v) is 35.1. The number of hydrogen-bond donors (Lipinski definition) is 2. The highest BCUT2D eigenvalue weighted by atomic mass is 16.4. The third-order valence-electron chi connectivity index (χ3n) is 13.3. The monoisotopic (exact) mass is 832 g/mol. The SMILES string of the molecule is O=C(C1CNC1)N1CCCN(C2CCC2)CC1.O=C(O)c1ccc(-n2ccnc2)cc1.O=C(c1ccc(-n2ccnc2)cc1)N1CC(C(=O)N2CCCN(C3CCC3)CC2)C1. The van der Waals surface area contributed by atoms with E-state index in [1.807, 2.05) is 44.5 Å². The summed E-state index contributed by atoms with van der Waals surface area (Å²) in [5.74, 6) is -0.0747. The molecule has 0 atom stereocenters. The van der Waals surface area contributed by atoms with Crippen molar-refractivity contribution in [3.63, 3.8) is 0 Å². The molecule has 4 aromatic rings. The molecule has 15 heteroatoms. The van der Waals surface area contributed by atoms with Gasteiger partial charge >= 0.3 is 5.97 Å². The number of carboxylic acids is 1. The van der Waals surface area contributed by atoms with E-state index in [9.17, 15) is 19.2 Å². The van der Waals surface area contributed by atoms with Crippen LogP contribution in [0.2, 0.25) is 0 Å². The van der Waals surface area contributed by atoms with Crippen LogP contribution in [0.3, 0.4) is 0 Å². The Hall–Kier alpha value is -5.38. The Morgan fingerprint density at radius 3 is 1.41 bits per heavy atom. The van der Waals surface area contributed by atoms with Crippen LogP contribution < -0.4 is 5.32 Å². The summed E-state index contributed by atoms with van der Waals surface area (Å²) < 4.78 is 3.71. The Labute approximate surface area is 358 Å². The van der Waals surface area contributed by atoms with Gasteiger partial charge in [0.15, 0.2) is 0 Å². The lowest BCUT2D eigenvalue weighted by Gasteiger charge is -2.40. The topological polar surface area (TPSA) is 152 Å². The van der Waals surface area contributed by atoms with Crippen molar-refractivity contribution >= 4 is 23.7 Å². The van der Waals surface area contributed by atoms with E-state index in [0.717, 1.165) is 95.2 Å². The lowest BCUT2D eigenvalue weighted by Crippen LogP contribution is -2.56. The molecule has 6 heterocycles. The number of nitrogens with zero attached hydrogens (tertiary/aromatic N) is 9. The lowest BCUT2D eigenvalue weighted by molar-refractivity contribution is -0.139. The van der Waals surface area contributed by atoms with Gasteiger partial charge in [0.2, 0.25) is 11.8 Å². The fourth-order valence-electron chi connectivity index (χ4n) is 8.89. The summed E-state index contributed by atoms with van der Waals surface area (Å²) in [4.78, 5) is 67.5. The summed E-state index contributed by atoms with van der Waals surface area (Å²) in [6, 6.07) is 15.7. The van der Waals surface area contributed by atoms with E-state index in [0.29, 0.717) is 24.6 Å². The van der Waals surface area contributed by atoms with E-state index < -0.39 is 5.97 Å². The molecular formula is C46H60N10O5. The number of carbonyl (C=O) groups excluding carboxylic acids is 3. The minimum atomic E-state index is -0.915. The van der Waals surface area contributed by atoms with Crippen LogP contribution in [0.4, 0.5) is 0 Å². The zero-order valence-electron chi connectivity index (χ0n) is 35.1. The first-order chi connectivity index (χ1) is 29.8. The second kappa shape index (κ2) is 20.0.